The van der Waals surface area contributed by atoms with Crippen molar-refractivity contribution in [1.82, 2.24) is 14.3 Å². The van der Waals surface area contributed by atoms with Crippen LogP contribution in [0.1, 0.15) is 30.0 Å². The molecule has 1 aliphatic carbocycles. The van der Waals surface area contributed by atoms with Crippen LogP contribution in [-0.4, -0.2) is 57.8 Å². The fraction of sp³-hybridized carbons (Fsp3) is 0.333. The highest BCUT2D eigenvalue weighted by molar-refractivity contribution is 6.30. The van der Waals surface area contributed by atoms with Crippen LogP contribution in [0.2, 0.25) is 0 Å². The smallest absolute Gasteiger partial charge is 0.331 e. The van der Waals surface area contributed by atoms with Crippen LogP contribution in [-0.2, 0) is 11.3 Å². The van der Waals surface area contributed by atoms with Crippen molar-refractivity contribution >= 4 is 41.3 Å². The summed E-state index contributed by atoms with van der Waals surface area (Å²) in [4.78, 5) is 39.6. The van der Waals surface area contributed by atoms with Gasteiger partial charge in [0.15, 0.2) is 17.4 Å². The number of guanidine groups is 1. The Hall–Kier alpha value is -3.76. The fourth-order valence-corrected chi connectivity index (χ4v) is 3.26. The van der Waals surface area contributed by atoms with Crippen LogP contribution in [0.25, 0.3) is 5.65 Å². The Morgan fingerprint density at radius 3 is 2.69 bits per heavy atom. The molecule has 0 bridgehead atoms. The van der Waals surface area contributed by atoms with Gasteiger partial charge in [0.2, 0.25) is 5.91 Å². The van der Waals surface area contributed by atoms with Gasteiger partial charge in [-0.05, 0) is 30.4 Å². The molecule has 150 valence electrons. The highest BCUT2D eigenvalue weighted by atomic mass is 16.2. The largest absolute Gasteiger partial charge is 0.370 e. The van der Waals surface area contributed by atoms with Crippen molar-refractivity contribution in [1.29, 1.82) is 5.41 Å². The second-order valence-electron chi connectivity index (χ2n) is 7.07. The van der Waals surface area contributed by atoms with Gasteiger partial charge in [-0.2, -0.15) is 4.99 Å². The van der Waals surface area contributed by atoms with Crippen molar-refractivity contribution in [2.24, 2.45) is 21.5 Å². The minimum Gasteiger partial charge on any atom is -0.370 e. The first-order valence-electron chi connectivity index (χ1n) is 9.11. The molecule has 1 aliphatic heterocycles. The molecule has 2 aromatic rings. The molecule has 3 amide bonds. The summed E-state index contributed by atoms with van der Waals surface area (Å²) < 4.78 is 1.86. The predicted molar refractivity (Wildman–Crippen MR) is 108 cm³/mol. The molecule has 0 spiro atoms. The van der Waals surface area contributed by atoms with Gasteiger partial charge < -0.3 is 21.3 Å². The van der Waals surface area contributed by atoms with Gasteiger partial charge in [-0.25, -0.2) is 9.78 Å². The summed E-state index contributed by atoms with van der Waals surface area (Å²) in [5, 5.41) is 7.34. The van der Waals surface area contributed by atoms with Crippen LogP contribution < -0.4 is 16.4 Å². The lowest BCUT2D eigenvalue weighted by Crippen LogP contribution is -2.30. The van der Waals surface area contributed by atoms with Gasteiger partial charge in [0.05, 0.1) is 24.1 Å². The van der Waals surface area contributed by atoms with Crippen LogP contribution in [0, 0.1) is 5.41 Å². The van der Waals surface area contributed by atoms with E-state index in [0.717, 1.165) is 29.5 Å². The third-order valence-electron chi connectivity index (χ3n) is 4.90. The number of imide groups is 1. The zero-order valence-electron chi connectivity index (χ0n) is 15.9. The van der Waals surface area contributed by atoms with Crippen LogP contribution in [0.5, 0.6) is 0 Å². The maximum atomic E-state index is 12.5. The number of amides is 3. The van der Waals surface area contributed by atoms with Gasteiger partial charge in [-0.3, -0.25) is 19.6 Å². The first kappa shape index (κ1) is 18.6. The number of hydrogen-bond acceptors (Lipinski definition) is 5. The number of nitrogens with two attached hydrogens (primary N) is 2. The maximum Gasteiger partial charge on any atom is 0.331 e. The molecule has 5 N–H and O–H groups in total. The van der Waals surface area contributed by atoms with Crippen LogP contribution in [0.15, 0.2) is 28.4 Å². The lowest BCUT2D eigenvalue weighted by Gasteiger charge is -2.17. The van der Waals surface area contributed by atoms with E-state index in [2.05, 4.69) is 15.0 Å². The third-order valence-corrected chi connectivity index (χ3v) is 4.90. The van der Waals surface area contributed by atoms with E-state index in [1.54, 1.807) is 0 Å². The van der Waals surface area contributed by atoms with Crippen molar-refractivity contribution in [3.05, 3.63) is 29.7 Å². The average molecular weight is 395 g/mol. The number of rotatable bonds is 5. The summed E-state index contributed by atoms with van der Waals surface area (Å²) in [6, 6.07) is 1.58. The monoisotopic (exact) mass is 395 g/mol. The number of aliphatic imine (C=N–C) groups is 2. The van der Waals surface area contributed by atoms with Crippen molar-refractivity contribution in [2.45, 2.75) is 25.3 Å². The number of urea groups is 1. The van der Waals surface area contributed by atoms with Crippen molar-refractivity contribution in [3.8, 4) is 0 Å². The first-order valence-corrected chi connectivity index (χ1v) is 9.11. The van der Waals surface area contributed by atoms with E-state index in [0.29, 0.717) is 22.9 Å². The summed E-state index contributed by atoms with van der Waals surface area (Å²) in [5.41, 5.74) is 13.6. The summed E-state index contributed by atoms with van der Waals surface area (Å²) in [6.07, 6.45) is 6.97. The molecule has 11 heteroatoms. The Morgan fingerprint density at radius 2 is 2.10 bits per heavy atom. The Kier molecular flexibility index (Phi) is 4.49. The number of amidine groups is 1. The number of carbonyl (C=O) groups is 2. The van der Waals surface area contributed by atoms with Crippen molar-refractivity contribution in [2.75, 3.05) is 18.5 Å². The number of carbonyl (C=O) groups excluding carboxylic acids is 2. The van der Waals surface area contributed by atoms with E-state index in [1.807, 2.05) is 22.9 Å². The first-order chi connectivity index (χ1) is 13.9. The number of likely N-dealkylation sites (N-methyl/N-ethyl adjacent to an activating group) is 1. The minimum atomic E-state index is -0.369. The normalized spacial score (nSPS) is 17.3. The molecule has 3 heterocycles. The zero-order valence-corrected chi connectivity index (χ0v) is 15.9. The van der Waals surface area contributed by atoms with E-state index < -0.39 is 0 Å². The Balaban J connectivity index is 1.74. The summed E-state index contributed by atoms with van der Waals surface area (Å²) in [7, 11) is 1.47. The second-order valence-corrected chi connectivity index (χ2v) is 7.07. The Labute approximate surface area is 166 Å². The maximum absolute atomic E-state index is 12.5. The zero-order chi connectivity index (χ0) is 20.7. The molecular formula is C18H21N9O2. The standard InChI is InChI=1S/C18H21N9O2/c1-25-15(28)9-27(18(25)29)13-4-11(10-2-3-10)7-26-8-12(23-16(13)26)6-22-14(5-19)24-17(20)21/h4-5,7-8,10,19H,2-3,6,9H2,1H3,(H4,20,21,22,24). The van der Waals surface area contributed by atoms with E-state index >= 15 is 0 Å². The predicted octanol–water partition coefficient (Wildman–Crippen LogP) is 0.432. The number of fused-ring (bicyclic) bond motifs is 1. The molecule has 0 radical (unpaired) electrons. The molecule has 29 heavy (non-hydrogen) atoms. The lowest BCUT2D eigenvalue weighted by atomic mass is 10.1. The average Bonchev–Trinajstić information content (AvgIpc) is 3.41. The molecule has 1 saturated heterocycles. The van der Waals surface area contributed by atoms with Crippen LogP contribution in [0.4, 0.5) is 10.5 Å². The molecule has 2 aromatic heterocycles. The highest BCUT2D eigenvalue weighted by Gasteiger charge is 2.36. The van der Waals surface area contributed by atoms with Gasteiger partial charge in [0, 0.05) is 19.4 Å². The fourth-order valence-electron chi connectivity index (χ4n) is 3.26. The summed E-state index contributed by atoms with van der Waals surface area (Å²) >= 11 is 0. The van der Waals surface area contributed by atoms with Crippen molar-refractivity contribution < 1.29 is 9.59 Å². The number of hydrogen-bond donors (Lipinski definition) is 3. The number of imidazole rings is 1. The SMILES string of the molecule is CN1C(=O)CN(c2cc(C3CC3)cn3cc(CN=C(C=N)N=C(N)N)nc23)C1=O. The topological polar surface area (TPSA) is 159 Å². The van der Waals surface area contributed by atoms with Crippen LogP contribution in [0.3, 0.4) is 0 Å². The van der Waals surface area contributed by atoms with Gasteiger partial charge >= 0.3 is 6.03 Å². The molecule has 1 saturated carbocycles. The van der Waals surface area contributed by atoms with Gasteiger partial charge in [-0.15, -0.1) is 0 Å². The molecule has 0 unspecified atom stereocenters. The summed E-state index contributed by atoms with van der Waals surface area (Å²) in [5.74, 6) is 0.108. The molecule has 4 rings (SSSR count). The number of nitrogens with one attached hydrogen (secondary N) is 1. The van der Waals surface area contributed by atoms with E-state index in [4.69, 9.17) is 16.9 Å². The summed E-state index contributed by atoms with van der Waals surface area (Å²) in [6.45, 7) is 0.149. The van der Waals surface area contributed by atoms with Gasteiger partial charge in [0.25, 0.3) is 0 Å². The molecule has 2 fully saturated rings. The Bertz CT molecular complexity index is 1080. The number of pyridine rings is 1. The lowest BCUT2D eigenvalue weighted by molar-refractivity contribution is -0.123. The van der Waals surface area contributed by atoms with E-state index in [9.17, 15) is 9.59 Å². The number of anilines is 1. The molecule has 0 aromatic carbocycles. The third kappa shape index (κ3) is 3.53. The number of aromatic nitrogens is 2. The molecule has 11 nitrogen and oxygen atoms in total. The van der Waals surface area contributed by atoms with Gasteiger partial charge in [-0.1, -0.05) is 0 Å². The molecule has 2 aliphatic rings. The van der Waals surface area contributed by atoms with E-state index in [1.165, 1.54) is 11.9 Å². The molecule has 0 atom stereocenters. The molecular weight excluding hydrogens is 374 g/mol. The Morgan fingerprint density at radius 1 is 1.34 bits per heavy atom. The van der Waals surface area contributed by atoms with Gasteiger partial charge in [0.1, 0.15) is 6.54 Å². The van der Waals surface area contributed by atoms with E-state index in [-0.39, 0.29) is 36.8 Å². The van der Waals surface area contributed by atoms with Crippen molar-refractivity contribution in [3.63, 3.8) is 0 Å². The second kappa shape index (κ2) is 7.00. The quantitative estimate of drug-likeness (QED) is 0.380. The highest BCUT2D eigenvalue weighted by Crippen LogP contribution is 2.42. The van der Waals surface area contributed by atoms with Crippen LogP contribution >= 0.6 is 0 Å². The minimum absolute atomic E-state index is 0.0120. The number of nitrogens with zero attached hydrogens (tertiary/aromatic N) is 6.